The summed E-state index contributed by atoms with van der Waals surface area (Å²) in [7, 11) is 0. The summed E-state index contributed by atoms with van der Waals surface area (Å²) in [6.07, 6.45) is 0. The highest BCUT2D eigenvalue weighted by atomic mass is 19.1. The van der Waals surface area contributed by atoms with Gasteiger partial charge in [-0.05, 0) is 42.3 Å². The van der Waals surface area contributed by atoms with Crippen molar-refractivity contribution >= 4 is 22.5 Å². The minimum atomic E-state index is -0.396. The molecule has 0 spiro atoms. The summed E-state index contributed by atoms with van der Waals surface area (Å²) < 4.78 is 19.2. The Labute approximate surface area is 108 Å². The van der Waals surface area contributed by atoms with Gasteiger partial charge in [0.15, 0.2) is 11.4 Å². The van der Waals surface area contributed by atoms with E-state index in [1.54, 1.807) is 12.1 Å². The summed E-state index contributed by atoms with van der Waals surface area (Å²) in [5, 5.41) is 4.35. The molecule has 1 aromatic heterocycles. The molecule has 0 saturated carbocycles. The highest BCUT2D eigenvalue weighted by molar-refractivity contribution is 6.01. The van der Waals surface area contributed by atoms with Crippen LogP contribution < -0.4 is 11.5 Å². The summed E-state index contributed by atoms with van der Waals surface area (Å²) in [5.41, 5.74) is 14.3. The Balaban J connectivity index is 2.38. The Morgan fingerprint density at radius 2 is 1.89 bits per heavy atom. The minimum Gasteiger partial charge on any atom is -0.399 e. The second-order valence-electron chi connectivity index (χ2n) is 4.49. The molecule has 0 aliphatic carbocycles. The van der Waals surface area contributed by atoms with Gasteiger partial charge in [-0.2, -0.15) is 0 Å². The van der Waals surface area contributed by atoms with Gasteiger partial charge in [0.1, 0.15) is 5.82 Å². The van der Waals surface area contributed by atoms with Gasteiger partial charge in [0.25, 0.3) is 0 Å². The van der Waals surface area contributed by atoms with Gasteiger partial charge in [0, 0.05) is 11.3 Å². The predicted molar refractivity (Wildman–Crippen MR) is 73.0 cm³/mol. The molecule has 3 aromatic rings. The molecule has 0 fully saturated rings. The van der Waals surface area contributed by atoms with Crippen molar-refractivity contribution in [3.05, 3.63) is 41.7 Å². The summed E-state index contributed by atoms with van der Waals surface area (Å²) in [6, 6.07) is 8.23. The van der Waals surface area contributed by atoms with Crippen molar-refractivity contribution in [3.63, 3.8) is 0 Å². The van der Waals surface area contributed by atoms with Gasteiger partial charge >= 0.3 is 0 Å². The van der Waals surface area contributed by atoms with E-state index in [9.17, 15) is 4.39 Å². The summed E-state index contributed by atoms with van der Waals surface area (Å²) in [4.78, 5) is 0. The molecule has 4 N–H and O–H groups in total. The van der Waals surface area contributed by atoms with Crippen LogP contribution in [0.4, 0.5) is 15.9 Å². The van der Waals surface area contributed by atoms with E-state index in [-0.39, 0.29) is 5.82 Å². The van der Waals surface area contributed by atoms with Crippen molar-refractivity contribution in [1.29, 1.82) is 0 Å². The lowest BCUT2D eigenvalue weighted by Gasteiger charge is -2.07. The van der Waals surface area contributed by atoms with Crippen molar-refractivity contribution in [2.45, 2.75) is 6.92 Å². The molecule has 0 radical (unpaired) electrons. The molecule has 19 heavy (non-hydrogen) atoms. The van der Waals surface area contributed by atoms with Crippen molar-refractivity contribution in [1.82, 2.24) is 5.16 Å². The first kappa shape index (κ1) is 11.5. The molecule has 0 unspecified atom stereocenters. The topological polar surface area (TPSA) is 78.1 Å². The Morgan fingerprint density at radius 3 is 2.63 bits per heavy atom. The monoisotopic (exact) mass is 257 g/mol. The van der Waals surface area contributed by atoms with Crippen molar-refractivity contribution in [3.8, 4) is 11.1 Å². The van der Waals surface area contributed by atoms with E-state index in [1.807, 2.05) is 19.1 Å². The average Bonchev–Trinajstić information content (AvgIpc) is 2.70. The first-order valence-corrected chi connectivity index (χ1v) is 5.77. The molecule has 0 aliphatic rings. The summed E-state index contributed by atoms with van der Waals surface area (Å²) in [5.74, 6) is -0.145. The zero-order valence-electron chi connectivity index (χ0n) is 10.3. The SMILES string of the molecule is Cc1cc(-c2ccc(N)cc2F)c2c(N)noc2c1. The van der Waals surface area contributed by atoms with E-state index in [1.165, 1.54) is 6.07 Å². The molecular weight excluding hydrogens is 245 g/mol. The number of benzene rings is 2. The highest BCUT2D eigenvalue weighted by Crippen LogP contribution is 2.35. The van der Waals surface area contributed by atoms with Crippen LogP contribution >= 0.6 is 0 Å². The number of nitrogen functional groups attached to an aromatic ring is 2. The molecule has 0 bridgehead atoms. The minimum absolute atomic E-state index is 0.251. The molecule has 0 saturated heterocycles. The lowest BCUT2D eigenvalue weighted by Crippen LogP contribution is -1.92. The van der Waals surface area contributed by atoms with Crippen molar-refractivity contribution < 1.29 is 8.91 Å². The molecular formula is C14H12FN3O. The zero-order valence-corrected chi connectivity index (χ0v) is 10.3. The fourth-order valence-electron chi connectivity index (χ4n) is 2.20. The van der Waals surface area contributed by atoms with Crippen LogP contribution in [-0.4, -0.2) is 5.16 Å². The smallest absolute Gasteiger partial charge is 0.175 e. The summed E-state index contributed by atoms with van der Waals surface area (Å²) >= 11 is 0. The van der Waals surface area contributed by atoms with Crippen LogP contribution in [0.3, 0.4) is 0 Å². The molecule has 0 amide bonds. The average molecular weight is 257 g/mol. The molecule has 2 aromatic carbocycles. The lowest BCUT2D eigenvalue weighted by atomic mass is 9.98. The maximum absolute atomic E-state index is 14.1. The van der Waals surface area contributed by atoms with E-state index < -0.39 is 5.82 Å². The fraction of sp³-hybridized carbons (Fsp3) is 0.0714. The van der Waals surface area contributed by atoms with E-state index in [4.69, 9.17) is 16.0 Å². The Morgan fingerprint density at radius 1 is 1.11 bits per heavy atom. The first-order chi connectivity index (χ1) is 9.06. The number of anilines is 2. The number of aryl methyl sites for hydroxylation is 1. The van der Waals surface area contributed by atoms with Gasteiger partial charge in [0.05, 0.1) is 5.39 Å². The van der Waals surface area contributed by atoms with E-state index in [0.29, 0.717) is 27.8 Å². The standard InChI is InChI=1S/C14H12FN3O/c1-7-4-10(9-3-2-8(16)6-11(9)15)13-12(5-7)19-18-14(13)17/h2-6H,16H2,1H3,(H2,17,18). The maximum atomic E-state index is 14.1. The van der Waals surface area contributed by atoms with Crippen LogP contribution in [0.5, 0.6) is 0 Å². The van der Waals surface area contributed by atoms with Gasteiger partial charge in [-0.1, -0.05) is 11.2 Å². The number of fused-ring (bicyclic) bond motifs is 1. The molecule has 1 heterocycles. The van der Waals surface area contributed by atoms with Crippen LogP contribution in [-0.2, 0) is 0 Å². The number of rotatable bonds is 1. The second kappa shape index (κ2) is 3.98. The Hall–Kier alpha value is -2.56. The Kier molecular flexibility index (Phi) is 2.41. The van der Waals surface area contributed by atoms with Gasteiger partial charge in [-0.3, -0.25) is 0 Å². The van der Waals surface area contributed by atoms with E-state index in [2.05, 4.69) is 5.16 Å². The first-order valence-electron chi connectivity index (χ1n) is 5.77. The molecule has 0 atom stereocenters. The van der Waals surface area contributed by atoms with Crippen LogP contribution in [0.1, 0.15) is 5.56 Å². The van der Waals surface area contributed by atoms with Crippen LogP contribution in [0.15, 0.2) is 34.9 Å². The molecule has 4 nitrogen and oxygen atoms in total. The Bertz CT molecular complexity index is 780. The fourth-order valence-corrected chi connectivity index (χ4v) is 2.20. The lowest BCUT2D eigenvalue weighted by molar-refractivity contribution is 0.460. The maximum Gasteiger partial charge on any atom is 0.175 e. The van der Waals surface area contributed by atoms with Gasteiger partial charge < -0.3 is 16.0 Å². The van der Waals surface area contributed by atoms with Crippen molar-refractivity contribution in [2.75, 3.05) is 11.5 Å². The number of halogens is 1. The highest BCUT2D eigenvalue weighted by Gasteiger charge is 2.15. The van der Waals surface area contributed by atoms with Gasteiger partial charge in [0.2, 0.25) is 0 Å². The number of aromatic nitrogens is 1. The molecule has 96 valence electrons. The number of hydrogen-bond acceptors (Lipinski definition) is 4. The van der Waals surface area contributed by atoms with Gasteiger partial charge in [-0.25, -0.2) is 4.39 Å². The van der Waals surface area contributed by atoms with Crippen molar-refractivity contribution in [2.24, 2.45) is 0 Å². The zero-order chi connectivity index (χ0) is 13.6. The third kappa shape index (κ3) is 1.79. The molecule has 0 aliphatic heterocycles. The van der Waals surface area contributed by atoms with Gasteiger partial charge in [-0.15, -0.1) is 0 Å². The van der Waals surface area contributed by atoms with Crippen LogP contribution in [0.2, 0.25) is 0 Å². The molecule has 3 rings (SSSR count). The number of nitrogens with zero attached hydrogens (tertiary/aromatic N) is 1. The largest absolute Gasteiger partial charge is 0.399 e. The van der Waals surface area contributed by atoms with E-state index >= 15 is 0 Å². The van der Waals surface area contributed by atoms with E-state index in [0.717, 1.165) is 5.56 Å². The number of hydrogen-bond donors (Lipinski definition) is 2. The van der Waals surface area contributed by atoms with Crippen LogP contribution in [0, 0.1) is 12.7 Å². The summed E-state index contributed by atoms with van der Waals surface area (Å²) in [6.45, 7) is 1.90. The number of nitrogens with two attached hydrogens (primary N) is 2. The third-order valence-electron chi connectivity index (χ3n) is 3.03. The molecule has 5 heteroatoms. The second-order valence-corrected chi connectivity index (χ2v) is 4.49. The quantitative estimate of drug-likeness (QED) is 0.656. The normalized spacial score (nSPS) is 11.1. The predicted octanol–water partition coefficient (Wildman–Crippen LogP) is 3.11. The van der Waals surface area contributed by atoms with Crippen LogP contribution in [0.25, 0.3) is 22.1 Å². The third-order valence-corrected chi connectivity index (χ3v) is 3.03.